The van der Waals surface area contributed by atoms with E-state index in [0.29, 0.717) is 37.6 Å². The molecular formula is C17H25NO5. The number of hydrogen-bond donors (Lipinski definition) is 0. The first-order valence-electron chi connectivity index (χ1n) is 7.71. The maximum absolute atomic E-state index is 12.0. The summed E-state index contributed by atoms with van der Waals surface area (Å²) in [7, 11) is 3.18. The second kappa shape index (κ2) is 9.71. The average Bonchev–Trinajstić information content (AvgIpc) is 2.53. The van der Waals surface area contributed by atoms with Gasteiger partial charge in [0.25, 0.3) is 0 Å². The van der Waals surface area contributed by atoms with Gasteiger partial charge in [-0.25, -0.2) is 0 Å². The zero-order chi connectivity index (χ0) is 17.2. The zero-order valence-electron chi connectivity index (χ0n) is 14.3. The summed E-state index contributed by atoms with van der Waals surface area (Å²) in [5.41, 5.74) is 0.975. The monoisotopic (exact) mass is 323 g/mol. The van der Waals surface area contributed by atoms with Gasteiger partial charge in [0.1, 0.15) is 6.54 Å². The molecule has 23 heavy (non-hydrogen) atoms. The summed E-state index contributed by atoms with van der Waals surface area (Å²) < 4.78 is 15.6. The maximum atomic E-state index is 12.0. The number of nitrogens with zero attached hydrogens (tertiary/aromatic N) is 1. The Labute approximate surface area is 137 Å². The van der Waals surface area contributed by atoms with Gasteiger partial charge >= 0.3 is 5.97 Å². The molecule has 0 saturated heterocycles. The predicted octanol–water partition coefficient (Wildman–Crippen LogP) is 2.05. The molecular weight excluding hydrogens is 298 g/mol. The largest absolute Gasteiger partial charge is 0.493 e. The highest BCUT2D eigenvalue weighted by molar-refractivity contribution is 5.81. The lowest BCUT2D eigenvalue weighted by Crippen LogP contribution is -2.33. The van der Waals surface area contributed by atoms with Gasteiger partial charge < -0.3 is 19.1 Å². The van der Waals surface area contributed by atoms with Crippen molar-refractivity contribution in [1.82, 2.24) is 4.90 Å². The molecule has 6 heteroatoms. The number of likely N-dealkylation sites (N-methyl/N-ethyl adjacent to an activating group) is 1. The maximum Gasteiger partial charge on any atom is 0.325 e. The molecule has 1 amide bonds. The molecule has 0 aliphatic carbocycles. The van der Waals surface area contributed by atoms with Gasteiger partial charge in [-0.05, 0) is 38.0 Å². The fraction of sp³-hybridized carbons (Fsp3) is 0.529. The topological polar surface area (TPSA) is 65.1 Å². The number of carbonyl (C=O) groups excluding carboxylic acids is 2. The molecule has 0 saturated carbocycles. The van der Waals surface area contributed by atoms with Crippen molar-refractivity contribution < 1.29 is 23.8 Å². The summed E-state index contributed by atoms with van der Waals surface area (Å²) in [5, 5.41) is 0. The zero-order valence-corrected chi connectivity index (χ0v) is 14.3. The van der Waals surface area contributed by atoms with Crippen LogP contribution in [0.4, 0.5) is 0 Å². The van der Waals surface area contributed by atoms with Gasteiger partial charge in [-0.2, -0.15) is 0 Å². The van der Waals surface area contributed by atoms with Crippen LogP contribution in [0.2, 0.25) is 0 Å². The molecule has 0 aromatic heterocycles. The lowest BCUT2D eigenvalue weighted by Gasteiger charge is -2.16. The molecule has 0 fully saturated rings. The van der Waals surface area contributed by atoms with Crippen molar-refractivity contribution in [2.45, 2.75) is 26.7 Å². The lowest BCUT2D eigenvalue weighted by molar-refractivity contribution is -0.148. The Bertz CT molecular complexity index is 530. The van der Waals surface area contributed by atoms with Crippen molar-refractivity contribution >= 4 is 11.9 Å². The molecule has 6 nitrogen and oxygen atoms in total. The van der Waals surface area contributed by atoms with Crippen LogP contribution in [0.3, 0.4) is 0 Å². The quantitative estimate of drug-likeness (QED) is 0.651. The molecule has 0 aliphatic rings. The Morgan fingerprint density at radius 3 is 2.48 bits per heavy atom. The van der Waals surface area contributed by atoms with E-state index in [1.165, 1.54) is 4.90 Å². The van der Waals surface area contributed by atoms with E-state index in [4.69, 9.17) is 14.2 Å². The third-order valence-electron chi connectivity index (χ3n) is 3.25. The van der Waals surface area contributed by atoms with E-state index >= 15 is 0 Å². The summed E-state index contributed by atoms with van der Waals surface area (Å²) in [6.07, 6.45) is 0.877. The van der Waals surface area contributed by atoms with E-state index in [1.54, 1.807) is 21.1 Å². The van der Waals surface area contributed by atoms with Crippen LogP contribution in [0.1, 0.15) is 25.8 Å². The van der Waals surface area contributed by atoms with Crippen molar-refractivity contribution in [1.29, 1.82) is 0 Å². The van der Waals surface area contributed by atoms with Crippen molar-refractivity contribution in [2.75, 3.05) is 33.9 Å². The van der Waals surface area contributed by atoms with Gasteiger partial charge in [0.05, 0.1) is 20.3 Å². The van der Waals surface area contributed by atoms with Crippen LogP contribution in [0.25, 0.3) is 0 Å². The highest BCUT2D eigenvalue weighted by atomic mass is 16.5. The molecule has 0 unspecified atom stereocenters. The van der Waals surface area contributed by atoms with E-state index in [2.05, 4.69) is 0 Å². The van der Waals surface area contributed by atoms with Gasteiger partial charge in [-0.15, -0.1) is 0 Å². The van der Waals surface area contributed by atoms with Crippen LogP contribution in [-0.2, 0) is 20.7 Å². The van der Waals surface area contributed by atoms with Crippen molar-refractivity contribution in [3.63, 3.8) is 0 Å². The molecule has 0 atom stereocenters. The van der Waals surface area contributed by atoms with E-state index in [0.717, 1.165) is 5.56 Å². The number of methoxy groups -OCH3 is 1. The molecule has 0 heterocycles. The Morgan fingerprint density at radius 2 is 1.87 bits per heavy atom. The summed E-state index contributed by atoms with van der Waals surface area (Å²) in [6, 6.07) is 5.61. The van der Waals surface area contributed by atoms with Crippen LogP contribution in [0, 0.1) is 0 Å². The first-order chi connectivity index (χ1) is 11.0. The van der Waals surface area contributed by atoms with Gasteiger partial charge in [0.15, 0.2) is 11.5 Å². The van der Waals surface area contributed by atoms with Gasteiger partial charge in [-0.3, -0.25) is 9.59 Å². The Hall–Kier alpha value is -2.24. The first kappa shape index (κ1) is 18.8. The van der Waals surface area contributed by atoms with Crippen molar-refractivity contribution in [2.24, 2.45) is 0 Å². The number of amides is 1. The van der Waals surface area contributed by atoms with E-state index in [-0.39, 0.29) is 12.5 Å². The second-order valence-electron chi connectivity index (χ2n) is 4.97. The average molecular weight is 323 g/mol. The van der Waals surface area contributed by atoms with Crippen LogP contribution < -0.4 is 9.47 Å². The minimum atomic E-state index is -0.397. The molecule has 1 aromatic rings. The molecule has 0 bridgehead atoms. The Balaban J connectivity index is 2.56. The van der Waals surface area contributed by atoms with Crippen molar-refractivity contribution in [3.8, 4) is 11.5 Å². The number of benzene rings is 1. The summed E-state index contributed by atoms with van der Waals surface area (Å²) in [5.74, 6) is 0.832. The highest BCUT2D eigenvalue weighted by Crippen LogP contribution is 2.28. The summed E-state index contributed by atoms with van der Waals surface area (Å²) >= 11 is 0. The minimum absolute atomic E-state index is 0.0285. The molecule has 0 aliphatic heterocycles. The van der Waals surface area contributed by atoms with Gasteiger partial charge in [-0.1, -0.05) is 6.07 Å². The number of aryl methyl sites for hydroxylation is 1. The third-order valence-corrected chi connectivity index (χ3v) is 3.25. The fourth-order valence-corrected chi connectivity index (χ4v) is 2.07. The van der Waals surface area contributed by atoms with Crippen LogP contribution in [-0.4, -0.2) is 50.7 Å². The summed E-state index contributed by atoms with van der Waals surface area (Å²) in [4.78, 5) is 24.8. The smallest absolute Gasteiger partial charge is 0.325 e. The van der Waals surface area contributed by atoms with Crippen molar-refractivity contribution in [3.05, 3.63) is 23.8 Å². The highest BCUT2D eigenvalue weighted by Gasteiger charge is 2.14. The van der Waals surface area contributed by atoms with Crippen LogP contribution in [0.15, 0.2) is 18.2 Å². The number of esters is 1. The Kier molecular flexibility index (Phi) is 7.94. The standard InChI is InChI=1S/C17H25NO5/c1-5-22-14-9-7-13(11-15(14)21-4)8-10-16(19)18(3)12-17(20)23-6-2/h7,9,11H,5-6,8,10,12H2,1-4H3. The first-order valence-corrected chi connectivity index (χ1v) is 7.71. The minimum Gasteiger partial charge on any atom is -0.493 e. The molecule has 0 N–H and O–H groups in total. The molecule has 1 rings (SSSR count). The SMILES string of the molecule is CCOC(=O)CN(C)C(=O)CCc1ccc(OCC)c(OC)c1. The molecule has 1 aromatic carbocycles. The van der Waals surface area contributed by atoms with Crippen LogP contribution in [0.5, 0.6) is 11.5 Å². The number of rotatable bonds is 9. The fourth-order valence-electron chi connectivity index (χ4n) is 2.07. The molecule has 0 spiro atoms. The number of carbonyl (C=O) groups is 2. The Morgan fingerprint density at radius 1 is 1.13 bits per heavy atom. The van der Waals surface area contributed by atoms with E-state index in [1.807, 2.05) is 25.1 Å². The number of hydrogen-bond acceptors (Lipinski definition) is 5. The predicted molar refractivity (Wildman–Crippen MR) is 86.8 cm³/mol. The molecule has 0 radical (unpaired) electrons. The molecule has 128 valence electrons. The van der Waals surface area contributed by atoms with E-state index in [9.17, 15) is 9.59 Å². The van der Waals surface area contributed by atoms with E-state index < -0.39 is 5.97 Å². The number of ether oxygens (including phenoxy) is 3. The van der Waals surface area contributed by atoms with Crippen LogP contribution >= 0.6 is 0 Å². The second-order valence-corrected chi connectivity index (χ2v) is 4.97. The van der Waals surface area contributed by atoms with Gasteiger partial charge in [0.2, 0.25) is 5.91 Å². The summed E-state index contributed by atoms with van der Waals surface area (Å²) in [6.45, 7) is 4.49. The third kappa shape index (κ3) is 6.18. The van der Waals surface area contributed by atoms with Gasteiger partial charge in [0, 0.05) is 13.5 Å². The normalized spacial score (nSPS) is 10.1. The lowest BCUT2D eigenvalue weighted by atomic mass is 10.1.